The molecule has 114 valence electrons. The minimum Gasteiger partial charge on any atom is -0.313 e. The van der Waals surface area contributed by atoms with E-state index in [9.17, 15) is 4.39 Å². The highest BCUT2D eigenvalue weighted by atomic mass is 79.9. The zero-order chi connectivity index (χ0) is 15.2. The third-order valence-corrected chi connectivity index (χ3v) is 4.76. The van der Waals surface area contributed by atoms with Crippen molar-refractivity contribution in [3.8, 4) is 0 Å². The van der Waals surface area contributed by atoms with E-state index in [0.717, 1.165) is 34.5 Å². The fourth-order valence-corrected chi connectivity index (χ4v) is 3.42. The molecule has 2 rings (SSSR count). The molecule has 0 atom stereocenters. The fourth-order valence-electron chi connectivity index (χ4n) is 2.22. The molecule has 2 nitrogen and oxygen atoms in total. The normalized spacial score (nSPS) is 11.3. The van der Waals surface area contributed by atoms with E-state index < -0.39 is 0 Å². The molecule has 1 N–H and O–H groups in total. The molecule has 0 bridgehead atoms. The molecule has 0 saturated carbocycles. The molecule has 1 heterocycles. The SMILES string of the molecule is CCNCc1ccc(F)c(CN(C)Cc2csc(Br)c2)c1. The second-order valence-electron chi connectivity index (χ2n) is 5.14. The number of nitrogens with one attached hydrogen (secondary N) is 1. The Labute approximate surface area is 138 Å². The summed E-state index contributed by atoms with van der Waals surface area (Å²) < 4.78 is 15.1. The summed E-state index contributed by atoms with van der Waals surface area (Å²) in [4.78, 5) is 2.13. The van der Waals surface area contributed by atoms with Crippen LogP contribution in [-0.2, 0) is 19.6 Å². The average molecular weight is 371 g/mol. The molecular formula is C16H20BrFN2S. The Kier molecular flexibility index (Phi) is 6.36. The lowest BCUT2D eigenvalue weighted by atomic mass is 10.1. The van der Waals surface area contributed by atoms with E-state index in [2.05, 4.69) is 44.5 Å². The van der Waals surface area contributed by atoms with Crippen LogP contribution in [0.4, 0.5) is 4.39 Å². The molecule has 0 radical (unpaired) electrons. The second-order valence-corrected chi connectivity index (χ2v) is 7.43. The highest BCUT2D eigenvalue weighted by Crippen LogP contribution is 2.22. The molecule has 0 amide bonds. The van der Waals surface area contributed by atoms with E-state index in [0.29, 0.717) is 6.54 Å². The summed E-state index contributed by atoms with van der Waals surface area (Å²) in [6.45, 7) is 5.19. The Bertz CT molecular complexity index is 585. The average Bonchev–Trinajstić information content (AvgIpc) is 2.84. The van der Waals surface area contributed by atoms with Gasteiger partial charge in [0.25, 0.3) is 0 Å². The second kappa shape index (κ2) is 8.03. The highest BCUT2D eigenvalue weighted by Gasteiger charge is 2.08. The fraction of sp³-hybridized carbons (Fsp3) is 0.375. The molecule has 5 heteroatoms. The molecule has 1 aromatic heterocycles. The summed E-state index contributed by atoms with van der Waals surface area (Å²) in [7, 11) is 2.02. The number of nitrogens with zero attached hydrogens (tertiary/aromatic N) is 1. The summed E-state index contributed by atoms with van der Waals surface area (Å²) in [6, 6.07) is 7.48. The van der Waals surface area contributed by atoms with Crippen LogP contribution in [0.5, 0.6) is 0 Å². The van der Waals surface area contributed by atoms with Gasteiger partial charge in [-0.25, -0.2) is 4.39 Å². The van der Waals surface area contributed by atoms with Gasteiger partial charge >= 0.3 is 0 Å². The van der Waals surface area contributed by atoms with Crippen LogP contribution in [0.1, 0.15) is 23.6 Å². The molecular weight excluding hydrogens is 351 g/mol. The number of halogens is 2. The van der Waals surface area contributed by atoms with Crippen molar-refractivity contribution in [1.29, 1.82) is 0 Å². The number of benzene rings is 1. The first-order chi connectivity index (χ1) is 10.1. The minimum atomic E-state index is -0.131. The van der Waals surface area contributed by atoms with Crippen molar-refractivity contribution < 1.29 is 4.39 Å². The largest absolute Gasteiger partial charge is 0.313 e. The standard InChI is InChI=1S/C16H20BrFN2S/c1-3-19-8-12-4-5-15(18)14(6-12)10-20(2)9-13-7-16(17)21-11-13/h4-7,11,19H,3,8-10H2,1-2H3. The molecule has 2 aromatic rings. The summed E-state index contributed by atoms with van der Waals surface area (Å²) in [5.74, 6) is -0.131. The monoisotopic (exact) mass is 370 g/mol. The van der Waals surface area contributed by atoms with Crippen LogP contribution in [-0.4, -0.2) is 18.5 Å². The Morgan fingerprint density at radius 1 is 1.24 bits per heavy atom. The van der Waals surface area contributed by atoms with E-state index >= 15 is 0 Å². The van der Waals surface area contributed by atoms with Crippen molar-refractivity contribution in [2.24, 2.45) is 0 Å². The maximum atomic E-state index is 13.9. The predicted molar refractivity (Wildman–Crippen MR) is 91.0 cm³/mol. The third kappa shape index (κ3) is 5.18. The summed E-state index contributed by atoms with van der Waals surface area (Å²) in [5.41, 5.74) is 3.13. The van der Waals surface area contributed by atoms with E-state index in [1.165, 1.54) is 5.56 Å². The van der Waals surface area contributed by atoms with E-state index in [4.69, 9.17) is 0 Å². The Balaban J connectivity index is 2.00. The van der Waals surface area contributed by atoms with Gasteiger partial charge in [-0.15, -0.1) is 11.3 Å². The summed E-state index contributed by atoms with van der Waals surface area (Å²) >= 11 is 5.14. The molecule has 0 fully saturated rings. The van der Waals surface area contributed by atoms with Crippen LogP contribution in [0.2, 0.25) is 0 Å². The number of hydrogen-bond acceptors (Lipinski definition) is 3. The van der Waals surface area contributed by atoms with Gasteiger partial charge in [0, 0.05) is 25.2 Å². The third-order valence-electron chi connectivity index (χ3n) is 3.20. The molecule has 0 unspecified atom stereocenters. The zero-order valence-corrected chi connectivity index (χ0v) is 14.7. The van der Waals surface area contributed by atoms with Crippen molar-refractivity contribution in [2.75, 3.05) is 13.6 Å². The number of thiophene rings is 1. The molecule has 21 heavy (non-hydrogen) atoms. The van der Waals surface area contributed by atoms with Crippen molar-refractivity contribution in [3.05, 3.63) is 55.9 Å². The van der Waals surface area contributed by atoms with Gasteiger partial charge in [0.2, 0.25) is 0 Å². The van der Waals surface area contributed by atoms with Gasteiger partial charge in [-0.2, -0.15) is 0 Å². The van der Waals surface area contributed by atoms with Crippen LogP contribution in [0.3, 0.4) is 0 Å². The predicted octanol–water partition coefficient (Wildman–Crippen LogP) is 4.39. The van der Waals surface area contributed by atoms with Crippen LogP contribution in [0, 0.1) is 5.82 Å². The van der Waals surface area contributed by atoms with E-state index in [-0.39, 0.29) is 5.82 Å². The highest BCUT2D eigenvalue weighted by molar-refractivity contribution is 9.11. The molecule has 0 saturated heterocycles. The van der Waals surface area contributed by atoms with Gasteiger partial charge in [0.1, 0.15) is 5.82 Å². The molecule has 0 aliphatic rings. The molecule has 1 aromatic carbocycles. The zero-order valence-electron chi connectivity index (χ0n) is 12.3. The topological polar surface area (TPSA) is 15.3 Å². The maximum Gasteiger partial charge on any atom is 0.127 e. The lowest BCUT2D eigenvalue weighted by Gasteiger charge is -2.17. The quantitative estimate of drug-likeness (QED) is 0.777. The van der Waals surface area contributed by atoms with Crippen molar-refractivity contribution in [3.63, 3.8) is 0 Å². The van der Waals surface area contributed by atoms with Gasteiger partial charge < -0.3 is 5.32 Å². The van der Waals surface area contributed by atoms with Crippen LogP contribution in [0.25, 0.3) is 0 Å². The van der Waals surface area contributed by atoms with Crippen LogP contribution in [0.15, 0.2) is 33.4 Å². The maximum absolute atomic E-state index is 13.9. The van der Waals surface area contributed by atoms with Gasteiger partial charge in [0.05, 0.1) is 3.79 Å². The van der Waals surface area contributed by atoms with Crippen molar-refractivity contribution in [2.45, 2.75) is 26.6 Å². The molecule has 0 aliphatic heterocycles. The lowest BCUT2D eigenvalue weighted by Crippen LogP contribution is -2.18. The smallest absolute Gasteiger partial charge is 0.127 e. The number of rotatable bonds is 7. The van der Waals surface area contributed by atoms with Gasteiger partial charge in [-0.1, -0.05) is 19.1 Å². The lowest BCUT2D eigenvalue weighted by molar-refractivity contribution is 0.314. The van der Waals surface area contributed by atoms with Gasteiger partial charge in [-0.05, 0) is 58.2 Å². The summed E-state index contributed by atoms with van der Waals surface area (Å²) in [6.07, 6.45) is 0. The Morgan fingerprint density at radius 3 is 2.71 bits per heavy atom. The Hall–Kier alpha value is -0.750. The van der Waals surface area contributed by atoms with E-state index in [1.54, 1.807) is 17.4 Å². The molecule has 0 spiro atoms. The van der Waals surface area contributed by atoms with Crippen LogP contribution >= 0.6 is 27.3 Å². The van der Waals surface area contributed by atoms with Crippen molar-refractivity contribution >= 4 is 27.3 Å². The van der Waals surface area contributed by atoms with Crippen LogP contribution < -0.4 is 5.32 Å². The number of hydrogen-bond donors (Lipinski definition) is 1. The first kappa shape index (κ1) is 16.6. The van der Waals surface area contributed by atoms with Gasteiger partial charge in [0.15, 0.2) is 0 Å². The van der Waals surface area contributed by atoms with E-state index in [1.807, 2.05) is 19.2 Å². The molecule has 0 aliphatic carbocycles. The van der Waals surface area contributed by atoms with Gasteiger partial charge in [-0.3, -0.25) is 4.90 Å². The van der Waals surface area contributed by atoms with Crippen molar-refractivity contribution in [1.82, 2.24) is 10.2 Å². The first-order valence-corrected chi connectivity index (χ1v) is 8.65. The minimum absolute atomic E-state index is 0.131. The first-order valence-electron chi connectivity index (χ1n) is 6.98. The summed E-state index contributed by atoms with van der Waals surface area (Å²) in [5, 5.41) is 5.39. The Morgan fingerprint density at radius 2 is 2.05 bits per heavy atom.